The highest BCUT2D eigenvalue weighted by molar-refractivity contribution is 7.93. The van der Waals surface area contributed by atoms with Gasteiger partial charge in [0.05, 0.1) is 9.81 Å². The molecule has 2 nitrogen and oxygen atoms in total. The minimum atomic E-state index is -1.07. The molecule has 1 atom stereocenters. The molecule has 0 aromatic carbocycles. The summed E-state index contributed by atoms with van der Waals surface area (Å²) in [6, 6.07) is 0. The van der Waals surface area contributed by atoms with Crippen LogP contribution in [-0.2, 0) is 4.74 Å². The largest absolute Gasteiger partial charge is 0.453 e. The molecule has 0 aromatic heterocycles. The molecule has 1 N–H and O–H groups in total. The van der Waals surface area contributed by atoms with Crippen molar-refractivity contribution in [3.63, 3.8) is 0 Å². The summed E-state index contributed by atoms with van der Waals surface area (Å²) in [7, 11) is 0. The minimum absolute atomic E-state index is 0.253. The Morgan fingerprint density at radius 3 is 2.18 bits per heavy atom. The van der Waals surface area contributed by atoms with Crippen LogP contribution in [0.25, 0.3) is 0 Å². The zero-order chi connectivity index (χ0) is 8.59. The van der Waals surface area contributed by atoms with Gasteiger partial charge in [-0.2, -0.15) is 0 Å². The number of ether oxygens (including phenoxy) is 1. The Hall–Kier alpha value is 0.640. The van der Waals surface area contributed by atoms with Crippen molar-refractivity contribution in [1.82, 2.24) is 0 Å². The lowest BCUT2D eigenvalue weighted by Crippen LogP contribution is -2.15. The van der Waals surface area contributed by atoms with Crippen LogP contribution in [0.3, 0.4) is 0 Å². The quantitative estimate of drug-likeness (QED) is 0.405. The van der Waals surface area contributed by atoms with Gasteiger partial charge in [-0.1, -0.05) is 0 Å². The summed E-state index contributed by atoms with van der Waals surface area (Å²) < 4.78 is 4.82. The van der Waals surface area contributed by atoms with Crippen molar-refractivity contribution in [2.75, 3.05) is 0 Å². The first-order valence-corrected chi connectivity index (χ1v) is 4.42. The molecule has 0 aliphatic carbocycles. The lowest BCUT2D eigenvalue weighted by Gasteiger charge is -2.21. The van der Waals surface area contributed by atoms with Gasteiger partial charge in [0.25, 0.3) is 0 Å². The molecular weight excluding hydrogens is 220 g/mol. The Morgan fingerprint density at radius 1 is 1.09 bits per heavy atom. The standard InChI is InChI=1S/C5H6O2S4/c6-4-2(9)1(8)3(10)5(11)7-4/h4,6,8-11H. The van der Waals surface area contributed by atoms with Crippen LogP contribution in [0.2, 0.25) is 0 Å². The first-order valence-electron chi connectivity index (χ1n) is 2.63. The molecule has 0 fully saturated rings. The molecule has 1 aliphatic rings. The fourth-order valence-electron chi connectivity index (χ4n) is 0.557. The van der Waals surface area contributed by atoms with Crippen LogP contribution in [0, 0.1) is 0 Å². The Morgan fingerprint density at radius 2 is 1.64 bits per heavy atom. The van der Waals surface area contributed by atoms with E-state index in [0.29, 0.717) is 14.7 Å². The Balaban J connectivity index is 3.07. The predicted octanol–water partition coefficient (Wildman–Crippen LogP) is 1.43. The van der Waals surface area contributed by atoms with Gasteiger partial charge in [-0.05, 0) is 0 Å². The second-order valence-corrected chi connectivity index (χ2v) is 3.64. The van der Waals surface area contributed by atoms with Crippen molar-refractivity contribution in [3.8, 4) is 0 Å². The Bertz CT molecular complexity index is 245. The molecule has 11 heavy (non-hydrogen) atoms. The molecule has 62 valence electrons. The van der Waals surface area contributed by atoms with Gasteiger partial charge in [-0.25, -0.2) is 0 Å². The maximum Gasteiger partial charge on any atom is 0.231 e. The lowest BCUT2D eigenvalue weighted by atomic mass is 10.4. The fourth-order valence-corrected chi connectivity index (χ4v) is 1.49. The van der Waals surface area contributed by atoms with E-state index < -0.39 is 6.29 Å². The van der Waals surface area contributed by atoms with Gasteiger partial charge in [0.15, 0.2) is 5.09 Å². The Labute approximate surface area is 86.3 Å². The Kier molecular flexibility index (Phi) is 3.16. The zero-order valence-electron chi connectivity index (χ0n) is 5.22. The minimum Gasteiger partial charge on any atom is -0.453 e. The summed E-state index contributed by atoms with van der Waals surface area (Å²) in [6.45, 7) is 0. The smallest absolute Gasteiger partial charge is 0.231 e. The van der Waals surface area contributed by atoms with Crippen molar-refractivity contribution in [2.45, 2.75) is 6.29 Å². The van der Waals surface area contributed by atoms with E-state index in [2.05, 4.69) is 50.5 Å². The van der Waals surface area contributed by atoms with Crippen LogP contribution in [0.5, 0.6) is 0 Å². The first kappa shape index (κ1) is 9.73. The highest BCUT2D eigenvalue weighted by atomic mass is 32.1. The van der Waals surface area contributed by atoms with Gasteiger partial charge in [0.2, 0.25) is 6.29 Å². The number of hydrogen-bond donors (Lipinski definition) is 5. The van der Waals surface area contributed by atoms with Gasteiger partial charge in [-0.3, -0.25) is 0 Å². The molecule has 1 unspecified atom stereocenters. The number of aliphatic hydroxyl groups is 1. The number of hydrogen-bond acceptors (Lipinski definition) is 6. The molecule has 0 bridgehead atoms. The molecule has 1 heterocycles. The topological polar surface area (TPSA) is 29.5 Å². The van der Waals surface area contributed by atoms with E-state index in [-0.39, 0.29) is 5.09 Å². The maximum atomic E-state index is 9.11. The van der Waals surface area contributed by atoms with E-state index in [0.717, 1.165) is 0 Å². The van der Waals surface area contributed by atoms with Crippen molar-refractivity contribution >= 4 is 50.5 Å². The molecule has 6 heteroatoms. The van der Waals surface area contributed by atoms with Crippen LogP contribution in [0.4, 0.5) is 0 Å². The number of rotatable bonds is 0. The van der Waals surface area contributed by atoms with E-state index in [1.54, 1.807) is 0 Å². The normalized spacial score (nSPS) is 25.7. The van der Waals surface area contributed by atoms with Crippen molar-refractivity contribution in [1.29, 1.82) is 0 Å². The van der Waals surface area contributed by atoms with Gasteiger partial charge in [0.1, 0.15) is 0 Å². The molecule has 0 saturated carbocycles. The summed E-state index contributed by atoms with van der Waals surface area (Å²) in [5.41, 5.74) is 0. The molecule has 0 saturated heterocycles. The van der Waals surface area contributed by atoms with E-state index in [9.17, 15) is 0 Å². The predicted molar refractivity (Wildman–Crippen MR) is 57.1 cm³/mol. The first-order chi connectivity index (χ1) is 5.04. The van der Waals surface area contributed by atoms with E-state index in [1.165, 1.54) is 0 Å². The average Bonchev–Trinajstić information content (AvgIpc) is 1.97. The lowest BCUT2D eigenvalue weighted by molar-refractivity contribution is -0.0213. The maximum absolute atomic E-state index is 9.11. The van der Waals surface area contributed by atoms with Crippen molar-refractivity contribution in [2.24, 2.45) is 0 Å². The average molecular weight is 226 g/mol. The van der Waals surface area contributed by atoms with E-state index >= 15 is 0 Å². The van der Waals surface area contributed by atoms with Gasteiger partial charge in [-0.15, -0.1) is 50.5 Å². The fraction of sp³-hybridized carbons (Fsp3) is 0.200. The summed E-state index contributed by atoms with van der Waals surface area (Å²) in [5, 5.41) is 9.37. The number of aliphatic hydroxyl groups excluding tert-OH is 1. The molecule has 0 amide bonds. The van der Waals surface area contributed by atoms with Crippen LogP contribution in [-0.4, -0.2) is 11.4 Å². The summed E-state index contributed by atoms with van der Waals surface area (Å²) in [6.07, 6.45) is -1.07. The highest BCUT2D eigenvalue weighted by Gasteiger charge is 2.21. The van der Waals surface area contributed by atoms with Gasteiger partial charge < -0.3 is 9.84 Å². The third-order valence-electron chi connectivity index (χ3n) is 1.13. The molecular formula is C5H6O2S4. The highest BCUT2D eigenvalue weighted by Crippen LogP contribution is 2.35. The summed E-state index contributed by atoms with van der Waals surface area (Å²) in [5.74, 6) is 0. The van der Waals surface area contributed by atoms with Gasteiger partial charge in [0, 0.05) is 4.91 Å². The van der Waals surface area contributed by atoms with Crippen LogP contribution in [0.1, 0.15) is 0 Å². The molecule has 0 spiro atoms. The SMILES string of the molecule is OC1OC(S)=C(S)C(S)=C1S. The van der Waals surface area contributed by atoms with E-state index in [1.807, 2.05) is 0 Å². The molecule has 0 aromatic rings. The van der Waals surface area contributed by atoms with Crippen molar-refractivity contribution in [3.05, 3.63) is 19.8 Å². The van der Waals surface area contributed by atoms with Crippen molar-refractivity contribution < 1.29 is 9.84 Å². The second-order valence-electron chi connectivity index (χ2n) is 1.86. The van der Waals surface area contributed by atoms with Crippen LogP contribution in [0.15, 0.2) is 19.8 Å². The molecule has 1 aliphatic heterocycles. The zero-order valence-corrected chi connectivity index (χ0v) is 8.80. The molecule has 1 rings (SSSR count). The monoisotopic (exact) mass is 226 g/mol. The van der Waals surface area contributed by atoms with Crippen LogP contribution < -0.4 is 0 Å². The summed E-state index contributed by atoms with van der Waals surface area (Å²) >= 11 is 16.0. The van der Waals surface area contributed by atoms with Crippen LogP contribution >= 0.6 is 50.5 Å². The van der Waals surface area contributed by atoms with Gasteiger partial charge >= 0.3 is 0 Å². The third kappa shape index (κ3) is 1.86. The summed E-state index contributed by atoms with van der Waals surface area (Å²) in [4.78, 5) is 1.31. The second kappa shape index (κ2) is 3.57. The third-order valence-corrected chi connectivity index (χ3v) is 3.32. The number of thiol groups is 4. The van der Waals surface area contributed by atoms with E-state index in [4.69, 9.17) is 9.84 Å². The molecule has 0 radical (unpaired) electrons.